The first-order valence-corrected chi connectivity index (χ1v) is 6.93. The summed E-state index contributed by atoms with van der Waals surface area (Å²) < 4.78 is 2.20. The van der Waals surface area contributed by atoms with Crippen LogP contribution < -0.4 is 4.57 Å². The number of hydrogen-bond acceptors (Lipinski definition) is 0. The molecule has 0 unspecified atom stereocenters. The van der Waals surface area contributed by atoms with Crippen molar-refractivity contribution in [2.75, 3.05) is 0 Å². The molecule has 0 aliphatic rings. The number of halogens is 1. The molecule has 0 bridgehead atoms. The van der Waals surface area contributed by atoms with Gasteiger partial charge in [-0.15, -0.1) is 0 Å². The fourth-order valence-corrected chi connectivity index (χ4v) is 2.41. The van der Waals surface area contributed by atoms with Crippen molar-refractivity contribution in [1.29, 1.82) is 0 Å². The van der Waals surface area contributed by atoms with Gasteiger partial charge in [-0.25, -0.2) is 0 Å². The molecule has 1 heterocycles. The Morgan fingerprint density at radius 2 is 1.60 bits per heavy atom. The Morgan fingerprint density at radius 3 is 2.40 bits per heavy atom. The number of fused-ring (bicyclic) bond motifs is 1. The third-order valence-corrected chi connectivity index (χ3v) is 3.69. The highest BCUT2D eigenvalue weighted by atomic mass is 35.5. The zero-order chi connectivity index (χ0) is 13.9. The van der Waals surface area contributed by atoms with Gasteiger partial charge >= 0.3 is 0 Å². The first kappa shape index (κ1) is 12.9. The van der Waals surface area contributed by atoms with Gasteiger partial charge in [0.1, 0.15) is 7.05 Å². The van der Waals surface area contributed by atoms with E-state index in [1.165, 1.54) is 16.6 Å². The zero-order valence-electron chi connectivity index (χ0n) is 11.3. The molecule has 0 aliphatic heterocycles. The largest absolute Gasteiger partial charge is 0.212 e. The first-order chi connectivity index (χ1) is 9.74. The number of hydrogen-bond donors (Lipinski definition) is 0. The van der Waals surface area contributed by atoms with Crippen LogP contribution in [0.5, 0.6) is 0 Å². The topological polar surface area (TPSA) is 3.88 Å². The van der Waals surface area contributed by atoms with E-state index in [0.717, 1.165) is 10.6 Å². The maximum Gasteiger partial charge on any atom is 0.212 e. The molecule has 2 aromatic carbocycles. The summed E-state index contributed by atoms with van der Waals surface area (Å²) in [5.41, 5.74) is 3.53. The Hall–Kier alpha value is -2.12. The standard InChI is InChI=1S/C18H15ClN/c1-20-17(12-8-14-6-10-16(19)11-7-14)13-9-15-4-2-3-5-18(15)20/h2-13H,1H3/q+1. The Morgan fingerprint density at radius 1 is 0.850 bits per heavy atom. The predicted octanol–water partition coefficient (Wildman–Crippen LogP) is 4.49. The van der Waals surface area contributed by atoms with Crippen molar-refractivity contribution in [2.45, 2.75) is 0 Å². The second kappa shape index (κ2) is 5.48. The van der Waals surface area contributed by atoms with Crippen LogP contribution in [-0.4, -0.2) is 0 Å². The molecule has 0 radical (unpaired) electrons. The predicted molar refractivity (Wildman–Crippen MR) is 85.5 cm³/mol. The minimum atomic E-state index is 0.762. The normalized spacial score (nSPS) is 11.3. The van der Waals surface area contributed by atoms with E-state index in [1.54, 1.807) is 0 Å². The van der Waals surface area contributed by atoms with E-state index in [0.29, 0.717) is 0 Å². The Balaban J connectivity index is 1.98. The van der Waals surface area contributed by atoms with E-state index in [9.17, 15) is 0 Å². The lowest BCUT2D eigenvalue weighted by Gasteiger charge is -1.99. The summed E-state index contributed by atoms with van der Waals surface area (Å²) in [5, 5.41) is 2.01. The van der Waals surface area contributed by atoms with Crippen LogP contribution in [0, 0.1) is 0 Å². The smallest absolute Gasteiger partial charge is 0.195 e. The number of benzene rings is 2. The number of pyridine rings is 1. The van der Waals surface area contributed by atoms with E-state index in [2.05, 4.69) is 60.2 Å². The zero-order valence-corrected chi connectivity index (χ0v) is 12.0. The van der Waals surface area contributed by atoms with Crippen LogP contribution in [0.1, 0.15) is 11.3 Å². The molecule has 3 rings (SSSR count). The molecule has 3 aromatic rings. The van der Waals surface area contributed by atoms with Crippen molar-refractivity contribution < 1.29 is 4.57 Å². The summed E-state index contributed by atoms with van der Waals surface area (Å²) in [6.07, 6.45) is 4.22. The van der Waals surface area contributed by atoms with Crippen LogP contribution in [0.3, 0.4) is 0 Å². The van der Waals surface area contributed by atoms with Crippen molar-refractivity contribution >= 4 is 34.7 Å². The maximum atomic E-state index is 5.89. The van der Waals surface area contributed by atoms with Gasteiger partial charge in [-0.1, -0.05) is 35.9 Å². The van der Waals surface area contributed by atoms with Crippen LogP contribution in [-0.2, 0) is 7.05 Å². The van der Waals surface area contributed by atoms with Crippen molar-refractivity contribution in [2.24, 2.45) is 7.05 Å². The molecule has 2 heteroatoms. The van der Waals surface area contributed by atoms with E-state index in [1.807, 2.05) is 24.3 Å². The van der Waals surface area contributed by atoms with E-state index < -0.39 is 0 Å². The molecule has 20 heavy (non-hydrogen) atoms. The fourth-order valence-electron chi connectivity index (χ4n) is 2.28. The highest BCUT2D eigenvalue weighted by molar-refractivity contribution is 6.30. The van der Waals surface area contributed by atoms with Gasteiger partial charge in [0.25, 0.3) is 0 Å². The third kappa shape index (κ3) is 2.59. The van der Waals surface area contributed by atoms with Gasteiger partial charge in [0.05, 0.1) is 0 Å². The Kier molecular flexibility index (Phi) is 3.53. The molecular weight excluding hydrogens is 266 g/mol. The average molecular weight is 281 g/mol. The van der Waals surface area contributed by atoms with E-state index in [-0.39, 0.29) is 0 Å². The highest BCUT2D eigenvalue weighted by Gasteiger charge is 2.07. The fraction of sp³-hybridized carbons (Fsp3) is 0.0556. The Bertz CT molecular complexity index is 773. The SMILES string of the molecule is C[n+]1c(C=Cc2ccc(Cl)cc2)ccc2ccccc21. The number of aromatic nitrogens is 1. The number of para-hydroxylation sites is 1. The lowest BCUT2D eigenvalue weighted by atomic mass is 10.1. The molecule has 0 spiro atoms. The van der Waals surface area contributed by atoms with Gasteiger partial charge in [-0.05, 0) is 35.9 Å². The van der Waals surface area contributed by atoms with Crippen molar-refractivity contribution in [3.8, 4) is 0 Å². The van der Waals surface area contributed by atoms with Gasteiger partial charge in [0, 0.05) is 28.6 Å². The molecule has 1 aromatic heterocycles. The molecule has 0 N–H and O–H groups in total. The molecule has 0 aliphatic carbocycles. The minimum Gasteiger partial charge on any atom is -0.195 e. The van der Waals surface area contributed by atoms with Crippen LogP contribution >= 0.6 is 11.6 Å². The van der Waals surface area contributed by atoms with Gasteiger partial charge in [0.2, 0.25) is 11.2 Å². The van der Waals surface area contributed by atoms with Crippen molar-refractivity contribution in [3.63, 3.8) is 0 Å². The summed E-state index contributed by atoms with van der Waals surface area (Å²) in [6.45, 7) is 0. The summed E-state index contributed by atoms with van der Waals surface area (Å²) in [4.78, 5) is 0. The summed E-state index contributed by atoms with van der Waals surface area (Å²) in [6, 6.07) is 20.5. The third-order valence-electron chi connectivity index (χ3n) is 3.44. The van der Waals surface area contributed by atoms with E-state index in [4.69, 9.17) is 11.6 Å². The number of rotatable bonds is 2. The Labute approximate surface area is 123 Å². The molecule has 0 amide bonds. The summed E-state index contributed by atoms with van der Waals surface area (Å²) in [5.74, 6) is 0. The van der Waals surface area contributed by atoms with Crippen LogP contribution in [0.4, 0.5) is 0 Å². The minimum absolute atomic E-state index is 0.762. The van der Waals surface area contributed by atoms with E-state index >= 15 is 0 Å². The number of nitrogens with zero attached hydrogens (tertiary/aromatic N) is 1. The molecule has 98 valence electrons. The van der Waals surface area contributed by atoms with Crippen molar-refractivity contribution in [3.05, 3.63) is 76.9 Å². The van der Waals surface area contributed by atoms with Crippen molar-refractivity contribution in [1.82, 2.24) is 0 Å². The van der Waals surface area contributed by atoms with Crippen LogP contribution in [0.25, 0.3) is 23.1 Å². The lowest BCUT2D eigenvalue weighted by molar-refractivity contribution is -0.646. The number of aryl methyl sites for hydroxylation is 1. The summed E-state index contributed by atoms with van der Waals surface area (Å²) in [7, 11) is 2.09. The maximum absolute atomic E-state index is 5.89. The van der Waals surface area contributed by atoms with Gasteiger partial charge < -0.3 is 0 Å². The molecule has 0 saturated carbocycles. The molecule has 0 saturated heterocycles. The van der Waals surface area contributed by atoms with Gasteiger partial charge in [-0.2, -0.15) is 4.57 Å². The second-order valence-corrected chi connectivity index (χ2v) is 5.20. The highest BCUT2D eigenvalue weighted by Crippen LogP contribution is 2.14. The van der Waals surface area contributed by atoms with Gasteiger partial charge in [0.15, 0.2) is 0 Å². The van der Waals surface area contributed by atoms with Crippen LogP contribution in [0.15, 0.2) is 60.7 Å². The first-order valence-electron chi connectivity index (χ1n) is 6.55. The quantitative estimate of drug-likeness (QED) is 0.609. The van der Waals surface area contributed by atoms with Crippen LogP contribution in [0.2, 0.25) is 5.02 Å². The molecule has 1 nitrogen and oxygen atoms in total. The van der Waals surface area contributed by atoms with Gasteiger partial charge in [-0.3, -0.25) is 0 Å². The molecular formula is C18H15ClN+. The average Bonchev–Trinajstić information content (AvgIpc) is 2.49. The summed E-state index contributed by atoms with van der Waals surface area (Å²) >= 11 is 5.89. The lowest BCUT2D eigenvalue weighted by Crippen LogP contribution is -2.32. The monoisotopic (exact) mass is 280 g/mol. The molecule has 0 atom stereocenters. The second-order valence-electron chi connectivity index (χ2n) is 4.76. The molecule has 0 fully saturated rings.